The third-order valence-electron chi connectivity index (χ3n) is 4.54. The van der Waals surface area contributed by atoms with Crippen molar-refractivity contribution < 1.29 is 5.11 Å². The van der Waals surface area contributed by atoms with Gasteiger partial charge in [0, 0.05) is 12.6 Å². The standard InChI is InChI=1S/C13H25NO/c1-14-9-3-2-7-13(14)12(8-10-15)11-5-4-6-11/h11-13,15H,2-10H2,1H3. The van der Waals surface area contributed by atoms with Gasteiger partial charge in [0.1, 0.15) is 0 Å². The Kier molecular flexibility index (Phi) is 4.04. The minimum atomic E-state index is 0.380. The van der Waals surface area contributed by atoms with E-state index in [-0.39, 0.29) is 0 Å². The van der Waals surface area contributed by atoms with Gasteiger partial charge in [-0.25, -0.2) is 0 Å². The Morgan fingerprint density at radius 1 is 1.20 bits per heavy atom. The SMILES string of the molecule is CN1CCCCC1C(CCO)C1CCC1. The van der Waals surface area contributed by atoms with E-state index < -0.39 is 0 Å². The maximum Gasteiger partial charge on any atom is 0.0434 e. The lowest BCUT2D eigenvalue weighted by molar-refractivity contribution is 0.0479. The average molecular weight is 211 g/mol. The van der Waals surface area contributed by atoms with Crippen LogP contribution in [0, 0.1) is 11.8 Å². The molecule has 0 aromatic heterocycles. The van der Waals surface area contributed by atoms with E-state index in [1.165, 1.54) is 45.1 Å². The molecule has 0 aromatic rings. The van der Waals surface area contributed by atoms with E-state index >= 15 is 0 Å². The van der Waals surface area contributed by atoms with Crippen molar-refractivity contribution in [2.45, 2.75) is 51.0 Å². The van der Waals surface area contributed by atoms with Gasteiger partial charge in [0.25, 0.3) is 0 Å². The summed E-state index contributed by atoms with van der Waals surface area (Å²) in [6, 6.07) is 0.760. The van der Waals surface area contributed by atoms with Crippen molar-refractivity contribution in [1.29, 1.82) is 0 Å². The summed E-state index contributed by atoms with van der Waals surface area (Å²) in [5.74, 6) is 1.69. The zero-order valence-electron chi connectivity index (χ0n) is 9.99. The van der Waals surface area contributed by atoms with Crippen LogP contribution in [0.4, 0.5) is 0 Å². The van der Waals surface area contributed by atoms with Gasteiger partial charge < -0.3 is 10.0 Å². The molecule has 2 fully saturated rings. The summed E-state index contributed by atoms with van der Waals surface area (Å²) in [5, 5.41) is 9.20. The topological polar surface area (TPSA) is 23.5 Å². The molecular weight excluding hydrogens is 186 g/mol. The minimum Gasteiger partial charge on any atom is -0.396 e. The van der Waals surface area contributed by atoms with E-state index in [1.54, 1.807) is 0 Å². The molecule has 2 atom stereocenters. The molecule has 1 saturated heterocycles. The van der Waals surface area contributed by atoms with Gasteiger partial charge in [-0.3, -0.25) is 0 Å². The second-order valence-electron chi connectivity index (χ2n) is 5.41. The molecule has 0 amide bonds. The van der Waals surface area contributed by atoms with Gasteiger partial charge in [0.15, 0.2) is 0 Å². The molecule has 1 heterocycles. The number of aliphatic hydroxyl groups excluding tert-OH is 1. The second kappa shape index (κ2) is 5.31. The molecule has 2 aliphatic rings. The van der Waals surface area contributed by atoms with Crippen molar-refractivity contribution in [3.63, 3.8) is 0 Å². The van der Waals surface area contributed by atoms with Crippen LogP contribution in [0.15, 0.2) is 0 Å². The first-order chi connectivity index (χ1) is 7.33. The van der Waals surface area contributed by atoms with Gasteiger partial charge in [-0.05, 0) is 44.7 Å². The van der Waals surface area contributed by atoms with Crippen LogP contribution in [0.25, 0.3) is 0 Å². The van der Waals surface area contributed by atoms with Gasteiger partial charge in [0.2, 0.25) is 0 Å². The van der Waals surface area contributed by atoms with Crippen molar-refractivity contribution >= 4 is 0 Å². The average Bonchev–Trinajstić information content (AvgIpc) is 2.15. The molecule has 0 spiro atoms. The first-order valence-corrected chi connectivity index (χ1v) is 6.64. The van der Waals surface area contributed by atoms with Crippen LogP contribution in [0.2, 0.25) is 0 Å². The fourth-order valence-electron chi connectivity index (χ4n) is 3.40. The largest absolute Gasteiger partial charge is 0.396 e. The second-order valence-corrected chi connectivity index (χ2v) is 5.41. The normalized spacial score (nSPS) is 31.2. The van der Waals surface area contributed by atoms with Crippen molar-refractivity contribution in [1.82, 2.24) is 4.90 Å². The fourth-order valence-corrected chi connectivity index (χ4v) is 3.40. The predicted octanol–water partition coefficient (Wildman–Crippen LogP) is 2.27. The Bertz CT molecular complexity index is 191. The van der Waals surface area contributed by atoms with Crippen molar-refractivity contribution in [2.24, 2.45) is 11.8 Å². The van der Waals surface area contributed by atoms with Crippen molar-refractivity contribution in [3.05, 3.63) is 0 Å². The quantitative estimate of drug-likeness (QED) is 0.771. The van der Waals surface area contributed by atoms with Crippen LogP contribution < -0.4 is 0 Å². The molecule has 2 unspecified atom stereocenters. The van der Waals surface area contributed by atoms with Crippen LogP contribution >= 0.6 is 0 Å². The molecule has 1 aliphatic carbocycles. The highest BCUT2D eigenvalue weighted by atomic mass is 16.3. The van der Waals surface area contributed by atoms with Crippen LogP contribution in [0.1, 0.15) is 44.9 Å². The van der Waals surface area contributed by atoms with E-state index in [1.807, 2.05) is 0 Å². The van der Waals surface area contributed by atoms with Crippen molar-refractivity contribution in [2.75, 3.05) is 20.2 Å². The summed E-state index contributed by atoms with van der Waals surface area (Å²) in [4.78, 5) is 2.54. The van der Waals surface area contributed by atoms with Crippen molar-refractivity contribution in [3.8, 4) is 0 Å². The zero-order chi connectivity index (χ0) is 10.7. The summed E-state index contributed by atoms with van der Waals surface area (Å²) in [7, 11) is 2.27. The highest BCUT2D eigenvalue weighted by Crippen LogP contribution is 2.40. The van der Waals surface area contributed by atoms with Gasteiger partial charge in [0.05, 0.1) is 0 Å². The van der Waals surface area contributed by atoms with Crippen LogP contribution in [0.5, 0.6) is 0 Å². The molecule has 2 nitrogen and oxygen atoms in total. The highest BCUT2D eigenvalue weighted by molar-refractivity contribution is 4.88. The van der Waals surface area contributed by atoms with E-state index in [9.17, 15) is 5.11 Å². The number of hydrogen-bond donors (Lipinski definition) is 1. The lowest BCUT2D eigenvalue weighted by Crippen LogP contribution is -2.45. The number of piperidine rings is 1. The first-order valence-electron chi connectivity index (χ1n) is 6.64. The van der Waals surface area contributed by atoms with E-state index in [0.29, 0.717) is 6.61 Å². The summed E-state index contributed by atoms with van der Waals surface area (Å²) in [5.41, 5.74) is 0. The summed E-state index contributed by atoms with van der Waals surface area (Å²) >= 11 is 0. The number of hydrogen-bond acceptors (Lipinski definition) is 2. The Balaban J connectivity index is 1.94. The summed E-state index contributed by atoms with van der Waals surface area (Å²) < 4.78 is 0. The molecule has 0 bridgehead atoms. The molecule has 0 radical (unpaired) electrons. The Morgan fingerprint density at radius 2 is 2.00 bits per heavy atom. The maximum atomic E-state index is 9.20. The molecule has 1 aliphatic heterocycles. The Morgan fingerprint density at radius 3 is 2.53 bits per heavy atom. The van der Waals surface area contributed by atoms with E-state index in [2.05, 4.69) is 11.9 Å². The monoisotopic (exact) mass is 211 g/mol. The Hall–Kier alpha value is -0.0800. The van der Waals surface area contributed by atoms with Gasteiger partial charge >= 0.3 is 0 Å². The molecule has 2 heteroatoms. The molecule has 1 N–H and O–H groups in total. The third-order valence-corrected chi connectivity index (χ3v) is 4.54. The summed E-state index contributed by atoms with van der Waals surface area (Å²) in [6.07, 6.45) is 9.39. The van der Waals surface area contributed by atoms with Crippen LogP contribution in [-0.4, -0.2) is 36.2 Å². The fraction of sp³-hybridized carbons (Fsp3) is 1.00. The summed E-state index contributed by atoms with van der Waals surface area (Å²) in [6.45, 7) is 1.64. The Labute approximate surface area is 93.7 Å². The number of likely N-dealkylation sites (tertiary alicyclic amines) is 1. The molecule has 0 aromatic carbocycles. The smallest absolute Gasteiger partial charge is 0.0434 e. The first kappa shape index (κ1) is 11.4. The van der Waals surface area contributed by atoms with Gasteiger partial charge in [-0.15, -0.1) is 0 Å². The number of nitrogens with zero attached hydrogens (tertiary/aromatic N) is 1. The molecule has 88 valence electrons. The zero-order valence-corrected chi connectivity index (χ0v) is 9.99. The molecular formula is C13H25NO. The lowest BCUT2D eigenvalue weighted by atomic mass is 9.70. The van der Waals surface area contributed by atoms with Gasteiger partial charge in [-0.2, -0.15) is 0 Å². The number of aliphatic hydroxyl groups is 1. The highest BCUT2D eigenvalue weighted by Gasteiger charge is 2.35. The van der Waals surface area contributed by atoms with Crippen LogP contribution in [-0.2, 0) is 0 Å². The van der Waals surface area contributed by atoms with Gasteiger partial charge in [-0.1, -0.05) is 25.7 Å². The minimum absolute atomic E-state index is 0.380. The molecule has 1 saturated carbocycles. The van der Waals surface area contributed by atoms with Crippen LogP contribution in [0.3, 0.4) is 0 Å². The maximum absolute atomic E-state index is 9.20. The molecule has 2 rings (SSSR count). The number of rotatable bonds is 4. The predicted molar refractivity (Wildman–Crippen MR) is 62.8 cm³/mol. The third kappa shape index (κ3) is 2.54. The lowest BCUT2D eigenvalue weighted by Gasteiger charge is -2.44. The molecule has 15 heavy (non-hydrogen) atoms. The van der Waals surface area contributed by atoms with E-state index in [0.717, 1.165) is 24.3 Å². The van der Waals surface area contributed by atoms with E-state index in [4.69, 9.17) is 0 Å².